The maximum absolute atomic E-state index is 13.6. The van der Waals surface area contributed by atoms with Crippen LogP contribution in [0.3, 0.4) is 0 Å². The summed E-state index contributed by atoms with van der Waals surface area (Å²) in [5.41, 5.74) is 6.18. The minimum absolute atomic E-state index is 0.316. The van der Waals surface area contributed by atoms with Crippen molar-refractivity contribution in [2.24, 2.45) is 5.73 Å². The van der Waals surface area contributed by atoms with E-state index in [1.807, 2.05) is 17.5 Å². The van der Waals surface area contributed by atoms with Gasteiger partial charge in [0, 0.05) is 16.5 Å². The van der Waals surface area contributed by atoms with Crippen LogP contribution in [-0.2, 0) is 6.61 Å². The van der Waals surface area contributed by atoms with Crippen LogP contribution in [0.1, 0.15) is 23.4 Å². The largest absolute Gasteiger partial charge is 0.488 e. The highest BCUT2D eigenvalue weighted by Gasteiger charge is 2.13. The normalized spacial score (nSPS) is 12.4. The Bertz CT molecular complexity index is 482. The highest BCUT2D eigenvalue weighted by molar-refractivity contribution is 7.09. The van der Waals surface area contributed by atoms with Crippen LogP contribution in [-0.4, -0.2) is 0 Å². The summed E-state index contributed by atoms with van der Waals surface area (Å²) in [5.74, 6) is 0.206. The smallest absolute Gasteiger partial charge is 0.131 e. The Balaban J connectivity index is 2.18. The summed E-state index contributed by atoms with van der Waals surface area (Å²) >= 11 is 1.61. The Morgan fingerprint density at radius 2 is 2.18 bits per heavy atom. The fourth-order valence-electron chi connectivity index (χ4n) is 1.63. The molecule has 0 unspecified atom stereocenters. The van der Waals surface area contributed by atoms with Gasteiger partial charge >= 0.3 is 0 Å². The van der Waals surface area contributed by atoms with Crippen molar-refractivity contribution in [2.45, 2.75) is 19.6 Å². The van der Waals surface area contributed by atoms with Crippen LogP contribution in [0, 0.1) is 5.82 Å². The Morgan fingerprint density at radius 3 is 2.82 bits per heavy atom. The fraction of sp³-hybridized carbons (Fsp3) is 0.231. The number of nitrogens with two attached hydrogens (primary N) is 1. The van der Waals surface area contributed by atoms with Gasteiger partial charge in [-0.15, -0.1) is 11.3 Å². The molecule has 2 N–H and O–H groups in total. The van der Waals surface area contributed by atoms with Gasteiger partial charge in [0.1, 0.15) is 18.2 Å². The Hall–Kier alpha value is -1.39. The number of thiophene rings is 1. The Labute approximate surface area is 104 Å². The lowest BCUT2D eigenvalue weighted by molar-refractivity contribution is 0.302. The number of ether oxygens (including phenoxy) is 1. The first-order valence-electron chi connectivity index (χ1n) is 5.37. The summed E-state index contributed by atoms with van der Waals surface area (Å²) in [7, 11) is 0. The molecule has 1 aromatic carbocycles. The SMILES string of the molecule is C[C@H](N)c1c(F)cccc1OCc1cccs1. The van der Waals surface area contributed by atoms with E-state index in [0.717, 1.165) is 4.88 Å². The predicted octanol–water partition coefficient (Wildman–Crippen LogP) is 3.49. The van der Waals surface area contributed by atoms with E-state index in [2.05, 4.69) is 0 Å². The molecule has 2 nitrogen and oxygen atoms in total. The second-order valence-electron chi connectivity index (χ2n) is 3.81. The zero-order valence-corrected chi connectivity index (χ0v) is 10.3. The van der Waals surface area contributed by atoms with Crippen LogP contribution in [0.4, 0.5) is 4.39 Å². The van der Waals surface area contributed by atoms with Gasteiger partial charge in [-0.1, -0.05) is 12.1 Å². The lowest BCUT2D eigenvalue weighted by Gasteiger charge is -2.14. The van der Waals surface area contributed by atoms with Crippen LogP contribution in [0.2, 0.25) is 0 Å². The number of benzene rings is 1. The van der Waals surface area contributed by atoms with E-state index in [0.29, 0.717) is 17.9 Å². The van der Waals surface area contributed by atoms with Crippen molar-refractivity contribution < 1.29 is 9.13 Å². The topological polar surface area (TPSA) is 35.2 Å². The third-order valence-corrected chi connectivity index (χ3v) is 3.27. The molecule has 0 amide bonds. The molecule has 0 bridgehead atoms. The molecule has 0 aliphatic rings. The first-order valence-corrected chi connectivity index (χ1v) is 6.25. The van der Waals surface area contributed by atoms with Crippen molar-refractivity contribution in [3.8, 4) is 5.75 Å². The molecule has 0 saturated carbocycles. The Morgan fingerprint density at radius 1 is 1.35 bits per heavy atom. The molecule has 1 atom stereocenters. The van der Waals surface area contributed by atoms with E-state index in [9.17, 15) is 4.39 Å². The number of rotatable bonds is 4. The molecule has 1 aromatic heterocycles. The zero-order valence-electron chi connectivity index (χ0n) is 9.52. The summed E-state index contributed by atoms with van der Waals surface area (Å²) < 4.78 is 19.2. The number of hydrogen-bond donors (Lipinski definition) is 1. The van der Waals surface area contributed by atoms with Gasteiger partial charge in [-0.3, -0.25) is 0 Å². The number of halogens is 1. The summed E-state index contributed by atoms with van der Waals surface area (Å²) in [6.07, 6.45) is 0. The molecule has 0 saturated heterocycles. The van der Waals surface area contributed by atoms with Crippen molar-refractivity contribution in [3.63, 3.8) is 0 Å². The monoisotopic (exact) mass is 251 g/mol. The minimum atomic E-state index is -0.380. The van der Waals surface area contributed by atoms with Gasteiger partial charge in [-0.2, -0.15) is 0 Å². The zero-order chi connectivity index (χ0) is 12.3. The molecule has 0 aliphatic heterocycles. The summed E-state index contributed by atoms with van der Waals surface area (Å²) in [6.45, 7) is 2.19. The Kier molecular flexibility index (Phi) is 3.76. The van der Waals surface area contributed by atoms with Gasteiger partial charge in [-0.25, -0.2) is 4.39 Å². The second-order valence-corrected chi connectivity index (χ2v) is 4.84. The van der Waals surface area contributed by atoms with Gasteiger partial charge in [0.25, 0.3) is 0 Å². The fourth-order valence-corrected chi connectivity index (χ4v) is 2.24. The van der Waals surface area contributed by atoms with Gasteiger partial charge in [0.2, 0.25) is 0 Å². The first kappa shape index (κ1) is 12.1. The third kappa shape index (κ3) is 2.84. The average Bonchev–Trinajstić information content (AvgIpc) is 2.78. The molecule has 17 heavy (non-hydrogen) atoms. The maximum atomic E-state index is 13.6. The quantitative estimate of drug-likeness (QED) is 0.902. The molecular weight excluding hydrogens is 237 g/mol. The van der Waals surface area contributed by atoms with Crippen molar-refractivity contribution in [2.75, 3.05) is 0 Å². The average molecular weight is 251 g/mol. The lowest BCUT2D eigenvalue weighted by Crippen LogP contribution is -2.10. The molecule has 4 heteroatoms. The van der Waals surface area contributed by atoms with Crippen molar-refractivity contribution in [3.05, 3.63) is 52.0 Å². The van der Waals surface area contributed by atoms with E-state index < -0.39 is 0 Å². The predicted molar refractivity (Wildman–Crippen MR) is 67.7 cm³/mol. The minimum Gasteiger partial charge on any atom is -0.488 e. The van der Waals surface area contributed by atoms with Crippen molar-refractivity contribution in [1.29, 1.82) is 0 Å². The van der Waals surface area contributed by atoms with Gasteiger partial charge in [0.05, 0.1) is 0 Å². The molecule has 0 radical (unpaired) electrons. The molecule has 0 aliphatic carbocycles. The summed E-state index contributed by atoms with van der Waals surface area (Å²) in [5, 5.41) is 1.98. The first-order chi connectivity index (χ1) is 8.18. The van der Waals surface area contributed by atoms with E-state index in [1.54, 1.807) is 30.4 Å². The molecule has 90 valence electrons. The number of hydrogen-bond acceptors (Lipinski definition) is 3. The molecule has 2 rings (SSSR count). The highest BCUT2D eigenvalue weighted by atomic mass is 32.1. The molecule has 0 spiro atoms. The van der Waals surface area contributed by atoms with E-state index in [4.69, 9.17) is 10.5 Å². The molecular formula is C13H14FNOS. The van der Waals surface area contributed by atoms with Crippen LogP contribution in [0.25, 0.3) is 0 Å². The van der Waals surface area contributed by atoms with Crippen molar-refractivity contribution >= 4 is 11.3 Å². The molecule has 2 aromatic rings. The highest BCUT2D eigenvalue weighted by Crippen LogP contribution is 2.27. The van der Waals surface area contributed by atoms with Crippen LogP contribution in [0.5, 0.6) is 5.75 Å². The van der Waals surface area contributed by atoms with E-state index in [1.165, 1.54) is 6.07 Å². The van der Waals surface area contributed by atoms with Crippen molar-refractivity contribution in [1.82, 2.24) is 0 Å². The van der Waals surface area contributed by atoms with E-state index >= 15 is 0 Å². The lowest BCUT2D eigenvalue weighted by atomic mass is 10.1. The second kappa shape index (κ2) is 5.29. The molecule has 1 heterocycles. The molecule has 0 fully saturated rings. The van der Waals surface area contributed by atoms with Gasteiger partial charge in [-0.05, 0) is 30.5 Å². The summed E-state index contributed by atoms with van der Waals surface area (Å²) in [6, 6.07) is 8.34. The maximum Gasteiger partial charge on any atom is 0.131 e. The van der Waals surface area contributed by atoms with Crippen LogP contribution in [0.15, 0.2) is 35.7 Å². The van der Waals surface area contributed by atoms with E-state index in [-0.39, 0.29) is 11.9 Å². The van der Waals surface area contributed by atoms with Crippen LogP contribution >= 0.6 is 11.3 Å². The third-order valence-electron chi connectivity index (χ3n) is 2.42. The standard InChI is InChI=1S/C13H14FNOS/c1-9(15)13-11(14)5-2-6-12(13)16-8-10-4-3-7-17-10/h2-7,9H,8,15H2,1H3/t9-/m0/s1. The summed E-state index contributed by atoms with van der Waals surface area (Å²) in [4.78, 5) is 1.10. The van der Waals surface area contributed by atoms with Gasteiger partial charge in [0.15, 0.2) is 0 Å². The van der Waals surface area contributed by atoms with Crippen LogP contribution < -0.4 is 10.5 Å². The van der Waals surface area contributed by atoms with Gasteiger partial charge < -0.3 is 10.5 Å².